The molecule has 3 rings (SSSR count). The minimum Gasteiger partial charge on any atom is -0.338 e. The van der Waals surface area contributed by atoms with E-state index in [-0.39, 0.29) is 17.2 Å². The first-order valence-corrected chi connectivity index (χ1v) is 9.77. The van der Waals surface area contributed by atoms with Crippen LogP contribution in [0.15, 0.2) is 0 Å². The number of carbonyl (C=O) groups is 2. The van der Waals surface area contributed by atoms with E-state index in [0.29, 0.717) is 11.7 Å². The van der Waals surface area contributed by atoms with E-state index >= 15 is 0 Å². The standard InChI is InChI=1S/C17H27NO2S/c19-15-9-2-1-7-13(15)14-8-3-5-11-18(14)17(20)16-10-4-6-12-21-16/h13-14,16H,1-12H2. The van der Waals surface area contributed by atoms with Gasteiger partial charge in [-0.1, -0.05) is 12.8 Å². The van der Waals surface area contributed by atoms with E-state index in [0.717, 1.165) is 57.2 Å². The van der Waals surface area contributed by atoms with Gasteiger partial charge >= 0.3 is 0 Å². The molecule has 1 saturated carbocycles. The van der Waals surface area contributed by atoms with Gasteiger partial charge in [-0.2, -0.15) is 0 Å². The highest BCUT2D eigenvalue weighted by Crippen LogP contribution is 2.34. The molecule has 118 valence electrons. The van der Waals surface area contributed by atoms with E-state index < -0.39 is 0 Å². The zero-order valence-corrected chi connectivity index (χ0v) is 13.7. The first-order valence-electron chi connectivity index (χ1n) is 8.72. The van der Waals surface area contributed by atoms with Gasteiger partial charge in [-0.25, -0.2) is 0 Å². The molecule has 2 saturated heterocycles. The molecule has 0 aromatic carbocycles. The largest absolute Gasteiger partial charge is 0.338 e. The van der Waals surface area contributed by atoms with Crippen LogP contribution in [0.2, 0.25) is 0 Å². The summed E-state index contributed by atoms with van der Waals surface area (Å²) < 4.78 is 0. The summed E-state index contributed by atoms with van der Waals surface area (Å²) in [5.41, 5.74) is 0. The summed E-state index contributed by atoms with van der Waals surface area (Å²) in [4.78, 5) is 27.3. The Balaban J connectivity index is 1.71. The molecule has 1 aliphatic carbocycles. The number of piperidine rings is 1. The van der Waals surface area contributed by atoms with Crippen LogP contribution in [0.4, 0.5) is 0 Å². The summed E-state index contributed by atoms with van der Waals surface area (Å²) in [5, 5.41) is 0.165. The maximum absolute atomic E-state index is 12.9. The third-order valence-corrected chi connectivity index (χ3v) is 6.72. The molecule has 2 heterocycles. The molecule has 0 bridgehead atoms. The molecular weight excluding hydrogens is 282 g/mol. The van der Waals surface area contributed by atoms with Crippen molar-refractivity contribution < 1.29 is 9.59 Å². The third kappa shape index (κ3) is 3.46. The Morgan fingerprint density at radius 1 is 1.00 bits per heavy atom. The highest BCUT2D eigenvalue weighted by Gasteiger charge is 2.39. The van der Waals surface area contributed by atoms with Crippen LogP contribution in [0.3, 0.4) is 0 Å². The molecule has 0 aromatic rings. The molecule has 0 N–H and O–H groups in total. The van der Waals surface area contributed by atoms with Crippen LogP contribution in [-0.4, -0.2) is 40.2 Å². The summed E-state index contributed by atoms with van der Waals surface area (Å²) in [6.45, 7) is 0.879. The van der Waals surface area contributed by atoms with Gasteiger partial charge in [0.2, 0.25) is 5.91 Å². The second-order valence-electron chi connectivity index (χ2n) is 6.77. The van der Waals surface area contributed by atoms with E-state index in [1.54, 1.807) is 0 Å². The number of hydrogen-bond donors (Lipinski definition) is 0. The average Bonchev–Trinajstić information content (AvgIpc) is 2.55. The normalized spacial score (nSPS) is 34.8. The highest BCUT2D eigenvalue weighted by molar-refractivity contribution is 8.00. The maximum atomic E-state index is 12.9. The summed E-state index contributed by atoms with van der Waals surface area (Å²) in [6, 6.07) is 0.210. The Morgan fingerprint density at radius 3 is 2.57 bits per heavy atom. The zero-order valence-electron chi connectivity index (χ0n) is 12.9. The highest BCUT2D eigenvalue weighted by atomic mass is 32.2. The van der Waals surface area contributed by atoms with Crippen molar-refractivity contribution in [3.63, 3.8) is 0 Å². The van der Waals surface area contributed by atoms with Crippen LogP contribution in [0, 0.1) is 5.92 Å². The van der Waals surface area contributed by atoms with Gasteiger partial charge in [0, 0.05) is 24.9 Å². The molecule has 3 fully saturated rings. The van der Waals surface area contributed by atoms with Crippen molar-refractivity contribution in [1.29, 1.82) is 0 Å². The Bertz CT molecular complexity index is 392. The molecule has 3 nitrogen and oxygen atoms in total. The Kier molecular flexibility index (Phi) is 5.25. The maximum Gasteiger partial charge on any atom is 0.235 e. The van der Waals surface area contributed by atoms with Crippen molar-refractivity contribution in [2.24, 2.45) is 5.92 Å². The molecule has 3 aliphatic rings. The Labute approximate surface area is 132 Å². The van der Waals surface area contributed by atoms with E-state index in [9.17, 15) is 9.59 Å². The molecule has 21 heavy (non-hydrogen) atoms. The van der Waals surface area contributed by atoms with Gasteiger partial charge in [0.25, 0.3) is 0 Å². The van der Waals surface area contributed by atoms with Crippen LogP contribution < -0.4 is 0 Å². The molecule has 0 radical (unpaired) electrons. The lowest BCUT2D eigenvalue weighted by molar-refractivity contribution is -0.139. The van der Waals surface area contributed by atoms with Crippen LogP contribution in [0.5, 0.6) is 0 Å². The van der Waals surface area contributed by atoms with Crippen molar-refractivity contribution in [2.75, 3.05) is 12.3 Å². The fourth-order valence-corrected chi connectivity index (χ4v) is 5.45. The summed E-state index contributed by atoms with van der Waals surface area (Å²) in [6.07, 6.45) is 10.7. The first kappa shape index (κ1) is 15.4. The zero-order chi connectivity index (χ0) is 14.7. The number of ketones is 1. The lowest BCUT2D eigenvalue weighted by Gasteiger charge is -2.42. The monoisotopic (exact) mass is 309 g/mol. The molecule has 3 unspecified atom stereocenters. The van der Waals surface area contributed by atoms with Gasteiger partial charge in [0.1, 0.15) is 5.78 Å². The minimum absolute atomic E-state index is 0.136. The van der Waals surface area contributed by atoms with E-state index in [4.69, 9.17) is 0 Å². The van der Waals surface area contributed by atoms with Crippen LogP contribution in [0.1, 0.15) is 64.2 Å². The van der Waals surface area contributed by atoms with Gasteiger partial charge in [0.15, 0.2) is 0 Å². The number of hydrogen-bond acceptors (Lipinski definition) is 3. The predicted octanol–water partition coefficient (Wildman–Crippen LogP) is 3.41. The van der Waals surface area contributed by atoms with E-state index in [1.807, 2.05) is 11.8 Å². The molecule has 0 spiro atoms. The minimum atomic E-state index is 0.136. The second-order valence-corrected chi connectivity index (χ2v) is 8.08. The SMILES string of the molecule is O=C1CCCCC1C1CCCCN1C(=O)C1CCCCS1. The number of carbonyl (C=O) groups excluding carboxylic acids is 2. The van der Waals surface area contributed by atoms with Gasteiger partial charge in [-0.15, -0.1) is 11.8 Å². The topological polar surface area (TPSA) is 37.4 Å². The number of Topliss-reactive ketones (excluding diaryl/α,β-unsaturated/α-hetero) is 1. The number of likely N-dealkylation sites (tertiary alicyclic amines) is 1. The lowest BCUT2D eigenvalue weighted by Crippen LogP contribution is -2.52. The number of thioether (sulfide) groups is 1. The van der Waals surface area contributed by atoms with Gasteiger partial charge in [-0.3, -0.25) is 9.59 Å². The Hall–Kier alpha value is -0.510. The number of nitrogens with zero attached hydrogens (tertiary/aromatic N) is 1. The fourth-order valence-electron chi connectivity index (χ4n) is 4.19. The summed E-state index contributed by atoms with van der Waals surface area (Å²) in [7, 11) is 0. The van der Waals surface area contributed by atoms with Gasteiger partial charge in [0.05, 0.1) is 5.25 Å². The quantitative estimate of drug-likeness (QED) is 0.784. The average molecular weight is 309 g/mol. The summed E-state index contributed by atoms with van der Waals surface area (Å²) in [5.74, 6) is 2.01. The second kappa shape index (κ2) is 7.17. The van der Waals surface area contributed by atoms with Gasteiger partial charge < -0.3 is 4.90 Å². The van der Waals surface area contributed by atoms with Crippen molar-refractivity contribution in [2.45, 2.75) is 75.5 Å². The molecule has 1 amide bonds. The predicted molar refractivity (Wildman–Crippen MR) is 86.4 cm³/mol. The molecular formula is C17H27NO2S. The van der Waals surface area contributed by atoms with Crippen molar-refractivity contribution in [1.82, 2.24) is 4.90 Å². The van der Waals surface area contributed by atoms with E-state index in [2.05, 4.69) is 4.90 Å². The van der Waals surface area contributed by atoms with Crippen molar-refractivity contribution in [3.05, 3.63) is 0 Å². The third-order valence-electron chi connectivity index (χ3n) is 5.35. The van der Waals surface area contributed by atoms with Crippen molar-refractivity contribution in [3.8, 4) is 0 Å². The lowest BCUT2D eigenvalue weighted by atomic mass is 9.79. The van der Waals surface area contributed by atoms with Crippen LogP contribution in [0.25, 0.3) is 0 Å². The van der Waals surface area contributed by atoms with Gasteiger partial charge in [-0.05, 0) is 50.7 Å². The molecule has 2 aliphatic heterocycles. The Morgan fingerprint density at radius 2 is 1.81 bits per heavy atom. The van der Waals surface area contributed by atoms with Crippen LogP contribution >= 0.6 is 11.8 Å². The van der Waals surface area contributed by atoms with Crippen LogP contribution in [-0.2, 0) is 9.59 Å². The van der Waals surface area contributed by atoms with E-state index in [1.165, 1.54) is 19.3 Å². The fraction of sp³-hybridized carbons (Fsp3) is 0.882. The number of amides is 1. The number of rotatable bonds is 2. The smallest absolute Gasteiger partial charge is 0.235 e. The first-order chi connectivity index (χ1) is 10.3. The molecule has 4 heteroatoms. The molecule has 0 aromatic heterocycles. The summed E-state index contributed by atoms with van der Waals surface area (Å²) >= 11 is 1.84. The van der Waals surface area contributed by atoms with Crippen molar-refractivity contribution >= 4 is 23.5 Å². The molecule has 3 atom stereocenters.